The molecule has 1 saturated heterocycles. The standard InChI is InChI=1S/C47H46N4O16/c48-45-44(65-33(57)16-32(55)56)47(11-13-50-45)43(60)37(58)38(59)46(67-47)63-26-14-24(18-51-17-23-10-12-49-36(23)29(51)19-52)34-31(15-26)64-39-27(22-4-2-1-3-5-22)7-6-25(54)20-61-41-30(62-21-53)9-8-28-35(39)42(34)66-40(28)41/h1-5,8-15,17,25,27,35,37-39,42-46,49-50,52-54,58-60H,16,18-21,48H2,(H,55,56)/t25-,27+,35-,37-,38-,39+,42+,43+,44+,45-,46-,47+/m1/s1. The molecule has 350 valence electrons. The average molecular weight is 923 g/mol. The molecule has 0 unspecified atom stereocenters. The first-order chi connectivity index (χ1) is 32.4. The van der Waals surface area contributed by atoms with Gasteiger partial charge in [-0.15, -0.1) is 0 Å². The van der Waals surface area contributed by atoms with Gasteiger partial charge >= 0.3 is 11.9 Å². The zero-order chi connectivity index (χ0) is 46.7. The second-order valence-electron chi connectivity index (χ2n) is 16.8. The number of carboxylic acids is 1. The summed E-state index contributed by atoms with van der Waals surface area (Å²) < 4.78 is 45.8. The number of ether oxygens (including phenoxy) is 7. The third-order valence-electron chi connectivity index (χ3n) is 12.8. The van der Waals surface area contributed by atoms with Gasteiger partial charge in [0, 0.05) is 41.5 Å². The molecule has 5 aliphatic heterocycles. The number of aromatic amines is 1. The molecule has 1 spiro atoms. The molecule has 20 nitrogen and oxygen atoms in total. The molecular weight excluding hydrogens is 877 g/mol. The van der Waals surface area contributed by atoms with Crippen molar-refractivity contribution in [3.8, 4) is 40.6 Å². The van der Waals surface area contributed by atoms with Crippen LogP contribution in [0.1, 0.15) is 52.3 Å². The number of benzene rings is 3. The summed E-state index contributed by atoms with van der Waals surface area (Å²) in [7, 11) is 0. The van der Waals surface area contributed by atoms with E-state index in [9.17, 15) is 45.3 Å². The minimum atomic E-state index is -2.17. The van der Waals surface area contributed by atoms with Crippen LogP contribution in [-0.4, -0.2) is 125 Å². The predicted octanol–water partition coefficient (Wildman–Crippen LogP) is 0.702. The van der Waals surface area contributed by atoms with E-state index in [-0.39, 0.29) is 42.8 Å². The molecule has 0 radical (unpaired) electrons. The molecule has 10 rings (SSSR count). The summed E-state index contributed by atoms with van der Waals surface area (Å²) in [6.45, 7) is -1.17. The van der Waals surface area contributed by atoms with Crippen molar-refractivity contribution >= 4 is 22.8 Å². The van der Waals surface area contributed by atoms with E-state index in [0.29, 0.717) is 33.7 Å². The Balaban J connectivity index is 1.12. The van der Waals surface area contributed by atoms with Gasteiger partial charge in [0.2, 0.25) is 12.0 Å². The Morgan fingerprint density at radius 3 is 2.58 bits per heavy atom. The summed E-state index contributed by atoms with van der Waals surface area (Å²) in [6, 6.07) is 17.9. The number of aromatic nitrogens is 2. The summed E-state index contributed by atoms with van der Waals surface area (Å²) in [4.78, 5) is 27.3. The average Bonchev–Trinajstić information content (AvgIpc) is 4.01. The largest absolute Gasteiger partial charge is 0.487 e. The van der Waals surface area contributed by atoms with E-state index < -0.39 is 97.8 Å². The quantitative estimate of drug-likeness (QED) is 0.0378. The highest BCUT2D eigenvalue weighted by atomic mass is 16.7. The van der Waals surface area contributed by atoms with Gasteiger partial charge in [-0.1, -0.05) is 48.2 Å². The van der Waals surface area contributed by atoms with Crippen molar-refractivity contribution in [3.63, 3.8) is 0 Å². The molecule has 2 aromatic heterocycles. The molecule has 0 amide bonds. The predicted molar refractivity (Wildman–Crippen MR) is 230 cm³/mol. The van der Waals surface area contributed by atoms with Crippen molar-refractivity contribution in [1.82, 2.24) is 14.9 Å². The Labute approximate surface area is 380 Å². The number of carbonyl (C=O) groups excluding carboxylic acids is 1. The fourth-order valence-corrected chi connectivity index (χ4v) is 9.79. The number of hydrogen-bond donors (Lipinski definition) is 10. The monoisotopic (exact) mass is 922 g/mol. The SMILES string of the molecule is N[C@@H]1NC=C[C@@]2(O[C@@H](Oc3cc(Cn4cc5cc[nH]c5c4CO)c4c(c3)O[C@@H]3[C@H]5c6ccc(OCO)c(c6O[C@@H]45)OC[C@H](O)C#C[C@H]3c3ccccc3)[C@H](O)[C@@H](O)[C@@H]2O)[C@H]1OC(=O)CC(=O)O. The van der Waals surface area contributed by atoms with Gasteiger partial charge in [0.25, 0.3) is 0 Å². The fourth-order valence-electron chi connectivity index (χ4n) is 9.79. The van der Waals surface area contributed by atoms with Gasteiger partial charge in [0.1, 0.15) is 67.3 Å². The van der Waals surface area contributed by atoms with Crippen molar-refractivity contribution in [1.29, 1.82) is 0 Å². The minimum absolute atomic E-state index is 0.0238. The molecule has 11 N–H and O–H groups in total. The molecule has 67 heavy (non-hydrogen) atoms. The number of nitrogens with zero attached hydrogens (tertiary/aromatic N) is 1. The van der Waals surface area contributed by atoms with E-state index in [1.807, 2.05) is 53.2 Å². The van der Waals surface area contributed by atoms with Crippen LogP contribution in [0.25, 0.3) is 10.9 Å². The maximum absolute atomic E-state index is 12.7. The molecule has 12 atom stereocenters. The van der Waals surface area contributed by atoms with E-state index in [0.717, 1.165) is 10.9 Å². The number of fused-ring (bicyclic) bond motifs is 3. The Bertz CT molecular complexity index is 2800. The Morgan fingerprint density at radius 1 is 0.985 bits per heavy atom. The van der Waals surface area contributed by atoms with Gasteiger partial charge in [0.15, 0.2) is 30.0 Å². The third kappa shape index (κ3) is 7.64. The molecule has 0 aliphatic carbocycles. The number of nitrogens with one attached hydrogen (secondary N) is 2. The molecule has 4 bridgehead atoms. The van der Waals surface area contributed by atoms with Crippen LogP contribution in [0.4, 0.5) is 0 Å². The number of aliphatic carboxylic acids is 1. The van der Waals surface area contributed by atoms with Crippen LogP contribution >= 0.6 is 0 Å². The summed E-state index contributed by atoms with van der Waals surface area (Å²) in [6.07, 6.45) is -8.36. The lowest BCUT2D eigenvalue weighted by Gasteiger charge is -2.52. The zero-order valence-corrected chi connectivity index (χ0v) is 35.3. The van der Waals surface area contributed by atoms with Crippen LogP contribution in [0, 0.1) is 11.8 Å². The van der Waals surface area contributed by atoms with Crippen LogP contribution in [0.2, 0.25) is 0 Å². The maximum atomic E-state index is 12.7. The molecule has 1 fully saturated rings. The van der Waals surface area contributed by atoms with Crippen molar-refractivity contribution < 1.29 is 78.5 Å². The van der Waals surface area contributed by atoms with Crippen molar-refractivity contribution in [3.05, 3.63) is 113 Å². The van der Waals surface area contributed by atoms with Gasteiger partial charge in [0.05, 0.1) is 29.7 Å². The number of hydrogen-bond acceptors (Lipinski definition) is 17. The van der Waals surface area contributed by atoms with E-state index >= 15 is 0 Å². The highest BCUT2D eigenvalue weighted by Crippen LogP contribution is 2.61. The van der Waals surface area contributed by atoms with Crippen LogP contribution < -0.4 is 34.7 Å². The summed E-state index contributed by atoms with van der Waals surface area (Å²) in [5.41, 5.74) is 7.95. The van der Waals surface area contributed by atoms with Gasteiger partial charge in [-0.2, -0.15) is 0 Å². The first kappa shape index (κ1) is 44.1. The van der Waals surface area contributed by atoms with E-state index in [1.165, 1.54) is 12.3 Å². The zero-order valence-electron chi connectivity index (χ0n) is 35.3. The lowest BCUT2D eigenvalue weighted by molar-refractivity contribution is -0.321. The molecule has 20 heteroatoms. The molecular formula is C47H46N4O16. The summed E-state index contributed by atoms with van der Waals surface area (Å²) in [5, 5.41) is 78.7. The molecule has 7 heterocycles. The number of aliphatic hydroxyl groups excluding tert-OH is 6. The lowest BCUT2D eigenvalue weighted by atomic mass is 9.76. The second kappa shape index (κ2) is 17.4. The minimum Gasteiger partial charge on any atom is -0.487 e. The van der Waals surface area contributed by atoms with E-state index in [1.54, 1.807) is 24.4 Å². The molecule has 5 aromatic rings. The third-order valence-corrected chi connectivity index (χ3v) is 12.8. The van der Waals surface area contributed by atoms with Crippen molar-refractivity contribution in [2.45, 2.75) is 92.2 Å². The van der Waals surface area contributed by atoms with Crippen LogP contribution in [0.15, 0.2) is 85.3 Å². The highest BCUT2D eigenvalue weighted by molar-refractivity contribution is 5.90. The molecule has 0 saturated carbocycles. The number of esters is 1. The summed E-state index contributed by atoms with van der Waals surface area (Å²) in [5.74, 6) is 3.09. The number of carbonyl (C=O) groups is 2. The van der Waals surface area contributed by atoms with Gasteiger partial charge in [-0.25, -0.2) is 0 Å². The molecule has 5 aliphatic rings. The Kier molecular flexibility index (Phi) is 11.5. The van der Waals surface area contributed by atoms with Crippen LogP contribution in [-0.2, 0) is 32.2 Å². The Hall–Kier alpha value is -6.80. The highest BCUT2D eigenvalue weighted by Gasteiger charge is 2.61. The first-order valence-corrected chi connectivity index (χ1v) is 21.4. The second-order valence-corrected chi connectivity index (χ2v) is 16.8. The first-order valence-electron chi connectivity index (χ1n) is 21.4. The molecule has 3 aromatic carbocycles. The fraction of sp³-hybridized carbons (Fsp3) is 0.362. The van der Waals surface area contributed by atoms with Crippen molar-refractivity contribution in [2.75, 3.05) is 13.4 Å². The number of H-pyrrole nitrogens is 1. The number of rotatable bonds is 11. The van der Waals surface area contributed by atoms with Gasteiger partial charge in [-0.05, 0) is 41.6 Å². The topological polar surface area (TPSA) is 299 Å². The maximum Gasteiger partial charge on any atom is 0.317 e. The normalized spacial score (nSPS) is 30.0. The number of aliphatic hydroxyl groups is 6. The van der Waals surface area contributed by atoms with E-state index in [4.69, 9.17) is 38.9 Å². The van der Waals surface area contributed by atoms with Crippen LogP contribution in [0.5, 0.6) is 28.7 Å². The van der Waals surface area contributed by atoms with Gasteiger partial charge < -0.3 is 89.5 Å². The number of carboxylic acid groups (broad SMARTS) is 1. The Morgan fingerprint density at radius 2 is 1.81 bits per heavy atom. The summed E-state index contributed by atoms with van der Waals surface area (Å²) >= 11 is 0. The van der Waals surface area contributed by atoms with Crippen LogP contribution in [0.3, 0.4) is 0 Å². The van der Waals surface area contributed by atoms with Crippen molar-refractivity contribution in [2.24, 2.45) is 5.73 Å². The smallest absolute Gasteiger partial charge is 0.317 e. The number of nitrogens with two attached hydrogens (primary N) is 1. The lowest BCUT2D eigenvalue weighted by Crippen LogP contribution is -2.74. The van der Waals surface area contributed by atoms with Gasteiger partial charge in [-0.3, -0.25) is 9.59 Å². The van der Waals surface area contributed by atoms with E-state index in [2.05, 4.69) is 22.1 Å².